The van der Waals surface area contributed by atoms with Crippen LogP contribution >= 0.6 is 17.0 Å². The molecule has 1 atom stereocenters. The standard InChI is InChI=1S/C7H11NO.BrH/c9-7-3-5-8-4-1-2-6(7)8;/h6H,1-5H2;1H. The highest BCUT2D eigenvalue weighted by atomic mass is 79.9. The molecular weight excluding hydrogens is 194 g/mol. The molecule has 2 saturated heterocycles. The lowest BCUT2D eigenvalue weighted by atomic mass is 10.1. The lowest BCUT2D eigenvalue weighted by Gasteiger charge is -2.10. The fraction of sp³-hybridized carbons (Fsp3) is 0.857. The van der Waals surface area contributed by atoms with Gasteiger partial charge in [-0.25, -0.2) is 0 Å². The molecule has 0 spiro atoms. The van der Waals surface area contributed by atoms with E-state index in [-0.39, 0.29) is 17.0 Å². The fourth-order valence-corrected chi connectivity index (χ4v) is 1.88. The molecule has 10 heavy (non-hydrogen) atoms. The minimum atomic E-state index is 0. The highest BCUT2D eigenvalue weighted by Gasteiger charge is 2.35. The average Bonchev–Trinajstić information content (AvgIpc) is 2.35. The summed E-state index contributed by atoms with van der Waals surface area (Å²) in [6, 6.07) is 0.338. The Morgan fingerprint density at radius 2 is 2.20 bits per heavy atom. The molecule has 2 rings (SSSR count). The zero-order valence-electron chi connectivity index (χ0n) is 5.88. The summed E-state index contributed by atoms with van der Waals surface area (Å²) in [5, 5.41) is 0. The summed E-state index contributed by atoms with van der Waals surface area (Å²) in [4.78, 5) is 13.3. The van der Waals surface area contributed by atoms with Gasteiger partial charge in [-0.1, -0.05) is 0 Å². The molecule has 2 aliphatic heterocycles. The molecule has 2 nitrogen and oxygen atoms in total. The average molecular weight is 206 g/mol. The van der Waals surface area contributed by atoms with Crippen molar-refractivity contribution in [2.75, 3.05) is 13.1 Å². The van der Waals surface area contributed by atoms with Gasteiger partial charge < -0.3 is 0 Å². The smallest absolute Gasteiger partial charge is 0.151 e. The van der Waals surface area contributed by atoms with E-state index in [4.69, 9.17) is 0 Å². The minimum absolute atomic E-state index is 0. The largest absolute Gasteiger partial charge is 0.298 e. The van der Waals surface area contributed by atoms with Gasteiger partial charge in [-0.05, 0) is 19.4 Å². The predicted octanol–water partition coefficient (Wildman–Crippen LogP) is 1.00. The van der Waals surface area contributed by atoms with Gasteiger partial charge >= 0.3 is 0 Å². The predicted molar refractivity (Wildman–Crippen MR) is 44.5 cm³/mol. The lowest BCUT2D eigenvalue weighted by molar-refractivity contribution is -0.119. The van der Waals surface area contributed by atoms with E-state index in [1.165, 1.54) is 6.42 Å². The summed E-state index contributed by atoms with van der Waals surface area (Å²) < 4.78 is 0. The second-order valence-corrected chi connectivity index (χ2v) is 2.91. The summed E-state index contributed by atoms with van der Waals surface area (Å²) in [6.45, 7) is 2.19. The molecular formula is C7H12BrNO. The first kappa shape index (κ1) is 8.21. The van der Waals surface area contributed by atoms with E-state index in [0.29, 0.717) is 11.8 Å². The summed E-state index contributed by atoms with van der Waals surface area (Å²) >= 11 is 0. The molecule has 2 aliphatic rings. The van der Waals surface area contributed by atoms with Gasteiger partial charge in [-0.2, -0.15) is 0 Å². The molecule has 3 heteroatoms. The Morgan fingerprint density at radius 3 is 2.90 bits per heavy atom. The Labute approximate surface area is 71.4 Å². The monoisotopic (exact) mass is 205 g/mol. The number of Topliss-reactive ketones (excluding diaryl/α,β-unsaturated/α-hetero) is 1. The summed E-state index contributed by atoms with van der Waals surface area (Å²) in [7, 11) is 0. The highest BCUT2D eigenvalue weighted by Crippen LogP contribution is 2.24. The second-order valence-electron chi connectivity index (χ2n) is 2.91. The van der Waals surface area contributed by atoms with Crippen LogP contribution in [-0.4, -0.2) is 29.8 Å². The molecule has 2 heterocycles. The van der Waals surface area contributed by atoms with Crippen molar-refractivity contribution in [1.82, 2.24) is 4.90 Å². The van der Waals surface area contributed by atoms with Crippen molar-refractivity contribution >= 4 is 22.8 Å². The van der Waals surface area contributed by atoms with Crippen LogP contribution in [-0.2, 0) is 4.79 Å². The third kappa shape index (κ3) is 1.12. The van der Waals surface area contributed by atoms with Crippen molar-refractivity contribution in [2.45, 2.75) is 25.3 Å². The fourth-order valence-electron chi connectivity index (χ4n) is 1.88. The number of rotatable bonds is 0. The van der Waals surface area contributed by atoms with Crippen molar-refractivity contribution in [3.8, 4) is 0 Å². The molecule has 0 aromatic carbocycles. The zero-order chi connectivity index (χ0) is 6.27. The third-order valence-corrected chi connectivity index (χ3v) is 2.38. The van der Waals surface area contributed by atoms with Crippen LogP contribution in [0.4, 0.5) is 0 Å². The Kier molecular flexibility index (Phi) is 2.47. The molecule has 0 saturated carbocycles. The van der Waals surface area contributed by atoms with Gasteiger partial charge in [0.25, 0.3) is 0 Å². The highest BCUT2D eigenvalue weighted by molar-refractivity contribution is 8.93. The number of hydrogen-bond donors (Lipinski definition) is 0. The van der Waals surface area contributed by atoms with Crippen LogP contribution in [0, 0.1) is 0 Å². The van der Waals surface area contributed by atoms with Crippen LogP contribution in [0.2, 0.25) is 0 Å². The van der Waals surface area contributed by atoms with Gasteiger partial charge in [0, 0.05) is 13.0 Å². The molecule has 2 fully saturated rings. The van der Waals surface area contributed by atoms with Gasteiger partial charge in [0.15, 0.2) is 5.78 Å². The first-order chi connectivity index (χ1) is 4.38. The lowest BCUT2D eigenvalue weighted by Crippen LogP contribution is -2.25. The van der Waals surface area contributed by atoms with Crippen LogP contribution in [0.15, 0.2) is 0 Å². The summed E-state index contributed by atoms with van der Waals surface area (Å²) in [5.74, 6) is 0.479. The number of ketones is 1. The first-order valence-electron chi connectivity index (χ1n) is 3.65. The Balaban J connectivity index is 0.000000500. The summed E-state index contributed by atoms with van der Waals surface area (Å²) in [5.41, 5.74) is 0. The Morgan fingerprint density at radius 1 is 1.40 bits per heavy atom. The minimum Gasteiger partial charge on any atom is -0.298 e. The molecule has 0 amide bonds. The van der Waals surface area contributed by atoms with Gasteiger partial charge in [-0.15, -0.1) is 17.0 Å². The van der Waals surface area contributed by atoms with Crippen molar-refractivity contribution in [3.63, 3.8) is 0 Å². The van der Waals surface area contributed by atoms with Crippen LogP contribution in [0.5, 0.6) is 0 Å². The number of carbonyl (C=O) groups excluding carboxylic acids is 1. The molecule has 0 radical (unpaired) electrons. The quantitative estimate of drug-likeness (QED) is 0.589. The zero-order valence-corrected chi connectivity index (χ0v) is 7.59. The maximum Gasteiger partial charge on any atom is 0.151 e. The molecule has 0 aromatic rings. The van der Waals surface area contributed by atoms with E-state index < -0.39 is 0 Å². The Bertz CT molecular complexity index is 149. The number of hydrogen-bond acceptors (Lipinski definition) is 2. The van der Waals surface area contributed by atoms with Crippen LogP contribution in [0.25, 0.3) is 0 Å². The molecule has 1 unspecified atom stereocenters. The molecule has 0 bridgehead atoms. The van der Waals surface area contributed by atoms with E-state index in [9.17, 15) is 4.79 Å². The van der Waals surface area contributed by atoms with Crippen LogP contribution < -0.4 is 0 Å². The maximum absolute atomic E-state index is 11.0. The van der Waals surface area contributed by atoms with Gasteiger partial charge in [0.1, 0.15) is 0 Å². The van der Waals surface area contributed by atoms with Gasteiger partial charge in [0.05, 0.1) is 6.04 Å². The van der Waals surface area contributed by atoms with Crippen LogP contribution in [0.1, 0.15) is 19.3 Å². The first-order valence-corrected chi connectivity index (χ1v) is 3.65. The maximum atomic E-state index is 11.0. The molecule has 0 aliphatic carbocycles. The van der Waals surface area contributed by atoms with Gasteiger partial charge in [0.2, 0.25) is 0 Å². The van der Waals surface area contributed by atoms with E-state index >= 15 is 0 Å². The molecule has 58 valence electrons. The normalized spacial score (nSPS) is 32.0. The van der Waals surface area contributed by atoms with E-state index in [1.54, 1.807) is 0 Å². The van der Waals surface area contributed by atoms with Crippen LogP contribution in [0.3, 0.4) is 0 Å². The van der Waals surface area contributed by atoms with E-state index in [1.807, 2.05) is 0 Å². The third-order valence-electron chi connectivity index (χ3n) is 2.38. The van der Waals surface area contributed by atoms with Crippen molar-refractivity contribution in [2.24, 2.45) is 0 Å². The number of nitrogens with zero attached hydrogens (tertiary/aromatic N) is 1. The van der Waals surface area contributed by atoms with Crippen molar-refractivity contribution < 1.29 is 4.79 Å². The van der Waals surface area contributed by atoms with Crippen molar-refractivity contribution in [1.29, 1.82) is 0 Å². The number of halogens is 1. The number of fused-ring (bicyclic) bond motifs is 1. The molecule has 0 aromatic heterocycles. The Hall–Kier alpha value is 0.110. The van der Waals surface area contributed by atoms with Crippen molar-refractivity contribution in [3.05, 3.63) is 0 Å². The SMILES string of the molecule is Br.O=C1CCN2CCCC12. The van der Waals surface area contributed by atoms with Gasteiger partial charge in [-0.3, -0.25) is 9.69 Å². The number of carbonyl (C=O) groups is 1. The second kappa shape index (κ2) is 3.01. The van der Waals surface area contributed by atoms with E-state index in [2.05, 4.69) is 4.90 Å². The summed E-state index contributed by atoms with van der Waals surface area (Å²) in [6.07, 6.45) is 3.17. The van der Waals surface area contributed by atoms with E-state index in [0.717, 1.165) is 25.9 Å². The topological polar surface area (TPSA) is 20.3 Å². The molecule has 0 N–H and O–H groups in total.